The van der Waals surface area contributed by atoms with Crippen LogP contribution in [0.15, 0.2) is 24.4 Å². The molecule has 0 spiro atoms. The van der Waals surface area contributed by atoms with Crippen LogP contribution in [0.25, 0.3) is 0 Å². The van der Waals surface area contributed by atoms with Crippen molar-refractivity contribution in [3.63, 3.8) is 0 Å². The zero-order valence-corrected chi connectivity index (χ0v) is 17.6. The minimum Gasteiger partial charge on any atom is -0.377 e. The molecule has 3 unspecified atom stereocenters. The van der Waals surface area contributed by atoms with Crippen molar-refractivity contribution in [1.82, 2.24) is 9.88 Å². The van der Waals surface area contributed by atoms with Crippen LogP contribution in [0.1, 0.15) is 26.7 Å². The molecule has 2 saturated heterocycles. The van der Waals surface area contributed by atoms with Gasteiger partial charge < -0.3 is 20.3 Å². The summed E-state index contributed by atoms with van der Waals surface area (Å²) in [4.78, 5) is 21.9. The maximum atomic E-state index is 13.3. The number of halogens is 2. The third-order valence-electron chi connectivity index (χ3n) is 6.58. The van der Waals surface area contributed by atoms with Crippen molar-refractivity contribution in [3.05, 3.63) is 24.4 Å². The largest absolute Gasteiger partial charge is 0.377 e. The molecular weight excluding hydrogens is 387 g/mol. The number of rotatable bonds is 2. The number of ether oxygens (including phenoxy) is 1. The van der Waals surface area contributed by atoms with Gasteiger partial charge in [0.05, 0.1) is 6.10 Å². The number of piperazine rings is 1. The summed E-state index contributed by atoms with van der Waals surface area (Å²) in [6, 6.07) is 5.93. The van der Waals surface area contributed by atoms with Crippen LogP contribution >= 0.6 is 24.8 Å². The molecule has 1 aliphatic carbocycles. The number of anilines is 1. The molecule has 2 aliphatic heterocycles. The molecule has 0 bridgehead atoms. The predicted molar refractivity (Wildman–Crippen MR) is 111 cm³/mol. The first kappa shape index (κ1) is 22.2. The van der Waals surface area contributed by atoms with E-state index in [0.29, 0.717) is 13.1 Å². The van der Waals surface area contributed by atoms with E-state index in [2.05, 4.69) is 23.7 Å². The lowest BCUT2D eigenvalue weighted by Crippen LogP contribution is -2.82. The molecule has 3 fully saturated rings. The lowest BCUT2D eigenvalue weighted by Gasteiger charge is -2.66. The minimum absolute atomic E-state index is 0. The standard InChI is InChI=1S/C19H28N4O2.2ClH/c1-18(2)16-14(6-5-13-25-16)19(18,20)17(24)23-11-9-22(10-12-23)15-7-3-4-8-21-15;;/h3-4,7-8,14,16H,5-6,9-13,20H2,1-2H3;2*1H. The number of hydrogen-bond acceptors (Lipinski definition) is 5. The van der Waals surface area contributed by atoms with E-state index >= 15 is 0 Å². The second-order valence-electron chi connectivity index (χ2n) is 8.10. The maximum Gasteiger partial charge on any atom is 0.243 e. The molecule has 1 saturated carbocycles. The number of aromatic nitrogens is 1. The van der Waals surface area contributed by atoms with Gasteiger partial charge in [0.25, 0.3) is 0 Å². The molecule has 27 heavy (non-hydrogen) atoms. The van der Waals surface area contributed by atoms with Crippen molar-refractivity contribution < 1.29 is 9.53 Å². The van der Waals surface area contributed by atoms with Gasteiger partial charge in [-0.2, -0.15) is 0 Å². The van der Waals surface area contributed by atoms with Gasteiger partial charge in [0, 0.05) is 50.3 Å². The topological polar surface area (TPSA) is 71.7 Å². The van der Waals surface area contributed by atoms with Gasteiger partial charge >= 0.3 is 0 Å². The molecule has 152 valence electrons. The molecule has 3 heterocycles. The van der Waals surface area contributed by atoms with E-state index in [1.54, 1.807) is 0 Å². The molecule has 4 rings (SSSR count). The predicted octanol–water partition coefficient (Wildman–Crippen LogP) is 2.11. The van der Waals surface area contributed by atoms with Crippen molar-refractivity contribution in [2.75, 3.05) is 37.7 Å². The van der Waals surface area contributed by atoms with E-state index < -0.39 is 5.54 Å². The fraction of sp³-hybridized carbons (Fsp3) is 0.684. The average molecular weight is 417 g/mol. The van der Waals surface area contributed by atoms with Crippen LogP contribution in [0.2, 0.25) is 0 Å². The Morgan fingerprint density at radius 1 is 1.22 bits per heavy atom. The van der Waals surface area contributed by atoms with Crippen LogP contribution in [0.5, 0.6) is 0 Å². The summed E-state index contributed by atoms with van der Waals surface area (Å²) < 4.78 is 5.93. The first-order chi connectivity index (χ1) is 12.0. The highest BCUT2D eigenvalue weighted by Crippen LogP contribution is 2.58. The van der Waals surface area contributed by atoms with Gasteiger partial charge in [-0.1, -0.05) is 19.9 Å². The summed E-state index contributed by atoms with van der Waals surface area (Å²) in [7, 11) is 0. The van der Waals surface area contributed by atoms with Gasteiger partial charge in [-0.25, -0.2) is 4.98 Å². The highest BCUT2D eigenvalue weighted by Gasteiger charge is 2.70. The Bertz CT molecular complexity index is 652. The van der Waals surface area contributed by atoms with Crippen LogP contribution in [0, 0.1) is 11.3 Å². The van der Waals surface area contributed by atoms with Crippen LogP contribution in [0.3, 0.4) is 0 Å². The van der Waals surface area contributed by atoms with Crippen molar-refractivity contribution in [2.45, 2.75) is 38.3 Å². The normalized spacial score (nSPS) is 31.7. The molecular formula is C19H30Cl2N4O2. The van der Waals surface area contributed by atoms with E-state index in [0.717, 1.165) is 38.4 Å². The van der Waals surface area contributed by atoms with Crippen LogP contribution in [0.4, 0.5) is 5.82 Å². The summed E-state index contributed by atoms with van der Waals surface area (Å²) in [5.74, 6) is 1.23. The summed E-state index contributed by atoms with van der Waals surface area (Å²) in [6.07, 6.45) is 3.91. The zero-order chi connectivity index (χ0) is 17.7. The smallest absolute Gasteiger partial charge is 0.243 e. The van der Waals surface area contributed by atoms with Crippen molar-refractivity contribution in [3.8, 4) is 0 Å². The Kier molecular flexibility index (Phi) is 6.67. The van der Waals surface area contributed by atoms with Crippen molar-refractivity contribution in [1.29, 1.82) is 0 Å². The number of nitrogens with two attached hydrogens (primary N) is 1. The number of nitrogens with zero attached hydrogens (tertiary/aromatic N) is 3. The molecule has 1 aromatic rings. The second kappa shape index (κ2) is 8.11. The van der Waals surface area contributed by atoms with Crippen molar-refractivity contribution >= 4 is 36.5 Å². The molecule has 3 aliphatic rings. The lowest BCUT2D eigenvalue weighted by atomic mass is 9.46. The van der Waals surface area contributed by atoms with Gasteiger partial charge in [0.15, 0.2) is 0 Å². The van der Waals surface area contributed by atoms with E-state index in [-0.39, 0.29) is 48.2 Å². The first-order valence-electron chi connectivity index (χ1n) is 9.32. The molecule has 0 radical (unpaired) electrons. The molecule has 3 atom stereocenters. The first-order valence-corrected chi connectivity index (χ1v) is 9.32. The Labute approximate surface area is 173 Å². The van der Waals surface area contributed by atoms with Crippen LogP contribution in [-0.2, 0) is 9.53 Å². The number of carbonyl (C=O) groups is 1. The monoisotopic (exact) mass is 416 g/mol. The summed E-state index contributed by atoms with van der Waals surface area (Å²) in [6.45, 7) is 7.94. The Hall–Kier alpha value is -1.08. The number of hydrogen-bond donors (Lipinski definition) is 1. The van der Waals surface area contributed by atoms with E-state index in [4.69, 9.17) is 10.5 Å². The number of fused-ring (bicyclic) bond motifs is 1. The molecule has 8 heteroatoms. The fourth-order valence-corrected chi connectivity index (χ4v) is 4.95. The van der Waals surface area contributed by atoms with Gasteiger partial charge in [-0.3, -0.25) is 4.79 Å². The van der Waals surface area contributed by atoms with Gasteiger partial charge in [0.1, 0.15) is 11.4 Å². The SMILES string of the molecule is CC1(C)C2OCCCC2C1(N)C(=O)N1CCN(c2ccccn2)CC1.Cl.Cl. The lowest BCUT2D eigenvalue weighted by molar-refractivity contribution is -0.230. The fourth-order valence-electron chi connectivity index (χ4n) is 4.95. The Morgan fingerprint density at radius 3 is 2.56 bits per heavy atom. The average Bonchev–Trinajstić information content (AvgIpc) is 2.67. The third-order valence-corrected chi connectivity index (χ3v) is 6.58. The summed E-state index contributed by atoms with van der Waals surface area (Å²) in [5.41, 5.74) is 5.65. The number of carbonyl (C=O) groups excluding carboxylic acids is 1. The third kappa shape index (κ3) is 3.31. The minimum atomic E-state index is -0.800. The molecule has 6 nitrogen and oxygen atoms in total. The molecule has 2 N–H and O–H groups in total. The molecule has 1 aromatic heterocycles. The highest BCUT2D eigenvalue weighted by molar-refractivity contribution is 5.90. The van der Waals surface area contributed by atoms with Gasteiger partial charge in [0.2, 0.25) is 5.91 Å². The maximum absolute atomic E-state index is 13.3. The Balaban J connectivity index is 0.00000131. The second-order valence-corrected chi connectivity index (χ2v) is 8.10. The molecule has 0 aromatic carbocycles. The van der Waals surface area contributed by atoms with E-state index in [1.165, 1.54) is 0 Å². The van der Waals surface area contributed by atoms with E-state index in [9.17, 15) is 4.79 Å². The van der Waals surface area contributed by atoms with Gasteiger partial charge in [-0.05, 0) is 25.0 Å². The highest BCUT2D eigenvalue weighted by atomic mass is 35.5. The summed E-state index contributed by atoms with van der Waals surface area (Å²) in [5, 5.41) is 0. The summed E-state index contributed by atoms with van der Waals surface area (Å²) >= 11 is 0. The van der Waals surface area contributed by atoms with Crippen LogP contribution in [-0.4, -0.2) is 60.2 Å². The zero-order valence-electron chi connectivity index (χ0n) is 16.0. The number of pyridine rings is 1. The van der Waals surface area contributed by atoms with Crippen molar-refractivity contribution in [2.24, 2.45) is 17.1 Å². The Morgan fingerprint density at radius 2 is 1.93 bits per heavy atom. The molecule has 1 amide bonds. The quantitative estimate of drug-likeness (QED) is 0.798. The van der Waals surface area contributed by atoms with Crippen LogP contribution < -0.4 is 10.6 Å². The van der Waals surface area contributed by atoms with E-state index in [1.807, 2.05) is 29.3 Å². The number of amides is 1. The van der Waals surface area contributed by atoms with Gasteiger partial charge in [-0.15, -0.1) is 24.8 Å².